The molecule has 2 rings (SSSR count). The molecule has 0 aliphatic rings. The Balaban J connectivity index is 2.22. The van der Waals surface area contributed by atoms with Gasteiger partial charge in [0.1, 0.15) is 5.75 Å². The Morgan fingerprint density at radius 3 is 2.79 bits per heavy atom. The Morgan fingerprint density at radius 2 is 2.16 bits per heavy atom. The number of benzene rings is 1. The van der Waals surface area contributed by atoms with Crippen LogP contribution in [0.2, 0.25) is 5.02 Å². The topological polar surface area (TPSA) is 80.7 Å². The first-order valence-corrected chi connectivity index (χ1v) is 5.86. The van der Waals surface area contributed by atoms with E-state index in [9.17, 15) is 0 Å². The van der Waals surface area contributed by atoms with Crippen LogP contribution in [0.3, 0.4) is 0 Å². The molecule has 0 amide bonds. The van der Waals surface area contributed by atoms with Gasteiger partial charge in [0.2, 0.25) is 5.88 Å². The quantitative estimate of drug-likeness (QED) is 0.391. The first-order chi connectivity index (χ1) is 9.10. The molecule has 19 heavy (non-hydrogen) atoms. The van der Waals surface area contributed by atoms with Crippen LogP contribution in [0.5, 0.6) is 11.6 Å². The first-order valence-electron chi connectivity index (χ1n) is 5.48. The van der Waals surface area contributed by atoms with Crippen molar-refractivity contribution in [3.05, 3.63) is 52.7 Å². The van der Waals surface area contributed by atoms with Gasteiger partial charge in [-0.3, -0.25) is 0 Å². The molecule has 0 spiro atoms. The van der Waals surface area contributed by atoms with Crippen molar-refractivity contribution in [3.8, 4) is 11.6 Å². The lowest BCUT2D eigenvalue weighted by Crippen LogP contribution is -2.13. The van der Waals surface area contributed by atoms with Crippen molar-refractivity contribution in [3.63, 3.8) is 0 Å². The summed E-state index contributed by atoms with van der Waals surface area (Å²) in [5.74, 6) is 1.04. The molecule has 1 aromatic carbocycles. The van der Waals surface area contributed by atoms with E-state index in [2.05, 4.69) is 10.1 Å². The highest BCUT2D eigenvalue weighted by molar-refractivity contribution is 6.30. The summed E-state index contributed by atoms with van der Waals surface area (Å²) in [6.07, 6.45) is 1.46. The number of hydrogen-bond donors (Lipinski definition) is 2. The summed E-state index contributed by atoms with van der Waals surface area (Å²) in [7, 11) is 0. The van der Waals surface area contributed by atoms with E-state index in [1.807, 2.05) is 13.0 Å². The van der Waals surface area contributed by atoms with E-state index in [4.69, 9.17) is 27.3 Å². The van der Waals surface area contributed by atoms with Crippen LogP contribution in [0.15, 0.2) is 41.7 Å². The lowest BCUT2D eigenvalue weighted by molar-refractivity contribution is 0.318. The van der Waals surface area contributed by atoms with Gasteiger partial charge >= 0.3 is 0 Å². The van der Waals surface area contributed by atoms with Gasteiger partial charge in [-0.15, -0.1) is 0 Å². The minimum absolute atomic E-state index is 0.00186. The van der Waals surface area contributed by atoms with Crippen LogP contribution in [0, 0.1) is 6.92 Å². The van der Waals surface area contributed by atoms with E-state index in [0.717, 1.165) is 5.56 Å². The Labute approximate surface area is 115 Å². The van der Waals surface area contributed by atoms with Gasteiger partial charge in [-0.1, -0.05) is 22.8 Å². The minimum atomic E-state index is -0.00186. The van der Waals surface area contributed by atoms with Crippen LogP contribution in [0.1, 0.15) is 11.1 Å². The highest BCUT2D eigenvalue weighted by Crippen LogP contribution is 2.26. The Morgan fingerprint density at radius 1 is 1.37 bits per heavy atom. The molecule has 0 aliphatic carbocycles. The molecule has 5 nitrogen and oxygen atoms in total. The van der Waals surface area contributed by atoms with Crippen LogP contribution >= 0.6 is 11.6 Å². The second kappa shape index (κ2) is 5.58. The fourth-order valence-corrected chi connectivity index (χ4v) is 1.61. The summed E-state index contributed by atoms with van der Waals surface area (Å²) < 4.78 is 5.62. The smallest absolute Gasteiger partial charge is 0.219 e. The molecule has 0 saturated carbocycles. The van der Waals surface area contributed by atoms with E-state index in [1.165, 1.54) is 6.20 Å². The average molecular weight is 278 g/mol. The number of ether oxygens (including phenoxy) is 1. The summed E-state index contributed by atoms with van der Waals surface area (Å²) in [5.41, 5.74) is 6.91. The largest absolute Gasteiger partial charge is 0.439 e. The third kappa shape index (κ3) is 3.14. The molecule has 2 aromatic rings. The van der Waals surface area contributed by atoms with Crippen LogP contribution in [-0.2, 0) is 0 Å². The molecule has 0 unspecified atom stereocenters. The average Bonchev–Trinajstić information content (AvgIpc) is 2.43. The Bertz CT molecular complexity index is 612. The lowest BCUT2D eigenvalue weighted by Gasteiger charge is -2.08. The lowest BCUT2D eigenvalue weighted by atomic mass is 10.2. The Hall–Kier alpha value is -2.27. The zero-order chi connectivity index (χ0) is 13.8. The van der Waals surface area contributed by atoms with Crippen LogP contribution < -0.4 is 10.5 Å². The predicted molar refractivity (Wildman–Crippen MR) is 73.0 cm³/mol. The number of rotatable bonds is 3. The van der Waals surface area contributed by atoms with E-state index < -0.39 is 0 Å². The molecule has 1 aromatic heterocycles. The molecular formula is C13H12ClN3O2. The van der Waals surface area contributed by atoms with Crippen molar-refractivity contribution in [1.82, 2.24) is 4.98 Å². The fraction of sp³-hybridized carbons (Fsp3) is 0.0769. The summed E-state index contributed by atoms with van der Waals surface area (Å²) in [6.45, 7) is 1.91. The van der Waals surface area contributed by atoms with Gasteiger partial charge in [-0.25, -0.2) is 4.98 Å². The van der Waals surface area contributed by atoms with E-state index >= 15 is 0 Å². The molecule has 0 radical (unpaired) electrons. The number of nitrogens with zero attached hydrogens (tertiary/aromatic N) is 2. The number of halogens is 1. The summed E-state index contributed by atoms with van der Waals surface area (Å²) in [5, 5.41) is 12.0. The highest BCUT2D eigenvalue weighted by atomic mass is 35.5. The molecule has 1 heterocycles. The Kier molecular flexibility index (Phi) is 3.87. The van der Waals surface area contributed by atoms with Gasteiger partial charge in [-0.05, 0) is 30.7 Å². The molecular weight excluding hydrogens is 266 g/mol. The molecule has 98 valence electrons. The van der Waals surface area contributed by atoms with Gasteiger partial charge in [0.05, 0.1) is 0 Å². The summed E-state index contributed by atoms with van der Waals surface area (Å²) >= 11 is 5.91. The molecule has 0 fully saturated rings. The van der Waals surface area contributed by atoms with Gasteiger partial charge in [0.15, 0.2) is 5.84 Å². The van der Waals surface area contributed by atoms with E-state index in [-0.39, 0.29) is 5.84 Å². The third-order valence-corrected chi connectivity index (χ3v) is 2.74. The number of hydrogen-bond acceptors (Lipinski definition) is 4. The number of nitrogens with two attached hydrogens (primary N) is 1. The number of aromatic nitrogens is 1. The van der Waals surface area contributed by atoms with Gasteiger partial charge in [0.25, 0.3) is 0 Å². The van der Waals surface area contributed by atoms with Gasteiger partial charge in [0, 0.05) is 22.8 Å². The van der Waals surface area contributed by atoms with Crippen molar-refractivity contribution in [2.75, 3.05) is 0 Å². The first kappa shape index (κ1) is 13.2. The van der Waals surface area contributed by atoms with E-state index in [0.29, 0.717) is 22.2 Å². The van der Waals surface area contributed by atoms with Crippen LogP contribution in [0.4, 0.5) is 0 Å². The van der Waals surface area contributed by atoms with Gasteiger partial charge < -0.3 is 15.7 Å². The minimum Gasteiger partial charge on any atom is -0.439 e. The zero-order valence-corrected chi connectivity index (χ0v) is 10.9. The van der Waals surface area contributed by atoms with Crippen molar-refractivity contribution in [2.24, 2.45) is 10.9 Å². The monoisotopic (exact) mass is 277 g/mol. The van der Waals surface area contributed by atoms with Crippen LogP contribution in [0.25, 0.3) is 0 Å². The molecule has 0 atom stereocenters. The predicted octanol–water partition coefficient (Wildman–Crippen LogP) is 2.93. The maximum Gasteiger partial charge on any atom is 0.219 e. The maximum atomic E-state index is 8.55. The maximum absolute atomic E-state index is 8.55. The number of amidine groups is 1. The van der Waals surface area contributed by atoms with E-state index in [1.54, 1.807) is 24.3 Å². The van der Waals surface area contributed by atoms with Crippen molar-refractivity contribution in [1.29, 1.82) is 0 Å². The second-order valence-electron chi connectivity index (χ2n) is 3.88. The molecule has 6 heteroatoms. The normalized spacial score (nSPS) is 11.4. The molecule has 0 bridgehead atoms. The number of aryl methyl sites for hydroxylation is 1. The summed E-state index contributed by atoms with van der Waals surface area (Å²) in [6, 6.07) is 8.65. The standard InChI is InChI=1S/C13H12ClN3O2/c1-8-2-4-10(14)6-11(8)19-12-5-3-9(7-16-12)13(15)17-18/h2-7,18H,1H3,(H2,15,17). The molecule has 0 saturated heterocycles. The summed E-state index contributed by atoms with van der Waals surface area (Å²) in [4.78, 5) is 4.08. The fourth-order valence-electron chi connectivity index (χ4n) is 1.45. The van der Waals surface area contributed by atoms with Crippen molar-refractivity contribution >= 4 is 17.4 Å². The van der Waals surface area contributed by atoms with Crippen molar-refractivity contribution < 1.29 is 9.94 Å². The SMILES string of the molecule is Cc1ccc(Cl)cc1Oc1ccc(C(N)=NO)cn1. The third-order valence-electron chi connectivity index (χ3n) is 2.50. The zero-order valence-electron chi connectivity index (χ0n) is 10.2. The van der Waals surface area contributed by atoms with Gasteiger partial charge in [-0.2, -0.15) is 0 Å². The molecule has 3 N–H and O–H groups in total. The molecule has 0 aliphatic heterocycles. The second-order valence-corrected chi connectivity index (χ2v) is 4.32. The van der Waals surface area contributed by atoms with Crippen molar-refractivity contribution in [2.45, 2.75) is 6.92 Å². The number of pyridine rings is 1. The van der Waals surface area contributed by atoms with Crippen LogP contribution in [-0.4, -0.2) is 16.0 Å². The highest BCUT2D eigenvalue weighted by Gasteiger charge is 2.05. The number of oxime groups is 1.